The molecule has 1 rings (SSSR count). The van der Waals surface area contributed by atoms with Crippen LogP contribution in [0.5, 0.6) is 0 Å². The molecule has 46 valence electrons. The molecule has 0 saturated heterocycles. The van der Waals surface area contributed by atoms with E-state index in [2.05, 4.69) is 26.8 Å². The number of anilines is 1. The van der Waals surface area contributed by atoms with Gasteiger partial charge in [-0.25, -0.2) is 15.0 Å². The summed E-state index contributed by atoms with van der Waals surface area (Å²) in [7, 11) is 0. The highest BCUT2D eigenvalue weighted by Crippen LogP contribution is 1.88. The summed E-state index contributed by atoms with van der Waals surface area (Å²) < 4.78 is 0. The third kappa shape index (κ3) is 1.49. The van der Waals surface area contributed by atoms with Gasteiger partial charge in [0.1, 0.15) is 12.7 Å². The van der Waals surface area contributed by atoms with Gasteiger partial charge in [0, 0.05) is 0 Å². The molecule has 1 heterocycles. The molecule has 4 nitrogen and oxygen atoms in total. The van der Waals surface area contributed by atoms with Crippen LogP contribution in [-0.4, -0.2) is 15.0 Å². The Morgan fingerprint density at radius 1 is 1.44 bits per heavy atom. The van der Waals surface area contributed by atoms with Crippen LogP contribution in [0.15, 0.2) is 25.4 Å². The fourth-order valence-corrected chi connectivity index (χ4v) is 0.405. The Kier molecular flexibility index (Phi) is 1.74. The van der Waals surface area contributed by atoms with Crippen molar-refractivity contribution in [3.63, 3.8) is 0 Å². The first-order valence-electron chi connectivity index (χ1n) is 2.43. The van der Waals surface area contributed by atoms with Crippen molar-refractivity contribution in [3.05, 3.63) is 25.4 Å². The first kappa shape index (κ1) is 5.68. The summed E-state index contributed by atoms with van der Waals surface area (Å²) in [6.07, 6.45) is 4.34. The van der Waals surface area contributed by atoms with E-state index in [-0.39, 0.29) is 0 Å². The number of nitrogens with one attached hydrogen (secondary N) is 1. The van der Waals surface area contributed by atoms with Gasteiger partial charge in [-0.05, 0) is 6.20 Å². The van der Waals surface area contributed by atoms with Gasteiger partial charge >= 0.3 is 0 Å². The molecule has 0 aliphatic rings. The largest absolute Gasteiger partial charge is 0.331 e. The summed E-state index contributed by atoms with van der Waals surface area (Å²) in [5, 5.41) is 2.71. The monoisotopic (exact) mass is 122 g/mol. The molecular formula is C5H6N4. The second kappa shape index (κ2) is 2.76. The Labute approximate surface area is 52.7 Å². The van der Waals surface area contributed by atoms with Crippen molar-refractivity contribution < 1.29 is 0 Å². The van der Waals surface area contributed by atoms with E-state index in [1.165, 1.54) is 18.9 Å². The maximum absolute atomic E-state index is 3.76. The molecule has 1 N–H and O–H groups in total. The average molecular weight is 122 g/mol. The predicted molar refractivity (Wildman–Crippen MR) is 33.6 cm³/mol. The lowest BCUT2D eigenvalue weighted by Crippen LogP contribution is -1.93. The third-order valence-electron chi connectivity index (χ3n) is 0.725. The Morgan fingerprint density at radius 2 is 2.11 bits per heavy atom. The number of rotatable bonds is 2. The molecule has 0 unspecified atom stereocenters. The lowest BCUT2D eigenvalue weighted by molar-refractivity contribution is 1.05. The first-order valence-corrected chi connectivity index (χ1v) is 2.43. The summed E-state index contributed by atoms with van der Waals surface area (Å²) in [5.74, 6) is 0.514. The molecule has 0 radical (unpaired) electrons. The molecule has 0 fully saturated rings. The van der Waals surface area contributed by atoms with Crippen molar-refractivity contribution in [2.75, 3.05) is 5.32 Å². The van der Waals surface area contributed by atoms with Gasteiger partial charge in [-0.2, -0.15) is 0 Å². The normalized spacial score (nSPS) is 8.44. The molecule has 0 amide bonds. The van der Waals surface area contributed by atoms with Crippen LogP contribution in [0.1, 0.15) is 0 Å². The van der Waals surface area contributed by atoms with Crippen LogP contribution in [0.25, 0.3) is 0 Å². The minimum Gasteiger partial charge on any atom is -0.331 e. The van der Waals surface area contributed by atoms with Gasteiger partial charge < -0.3 is 5.32 Å². The van der Waals surface area contributed by atoms with Crippen LogP contribution < -0.4 is 5.32 Å². The van der Waals surface area contributed by atoms with Crippen molar-refractivity contribution in [3.8, 4) is 0 Å². The molecule has 0 atom stereocenters. The summed E-state index contributed by atoms with van der Waals surface area (Å²) in [6, 6.07) is 0. The summed E-state index contributed by atoms with van der Waals surface area (Å²) in [5.41, 5.74) is 0. The van der Waals surface area contributed by atoms with Gasteiger partial charge in [-0.3, -0.25) is 0 Å². The summed E-state index contributed by atoms with van der Waals surface area (Å²) >= 11 is 0. The first-order chi connectivity index (χ1) is 4.43. The maximum Gasteiger partial charge on any atom is 0.229 e. The van der Waals surface area contributed by atoms with Gasteiger partial charge in [0.15, 0.2) is 0 Å². The highest BCUT2D eigenvalue weighted by Gasteiger charge is 1.84. The number of aromatic nitrogens is 3. The molecule has 1 aromatic rings. The molecule has 0 aliphatic carbocycles. The van der Waals surface area contributed by atoms with Crippen LogP contribution in [0.2, 0.25) is 0 Å². The van der Waals surface area contributed by atoms with Crippen molar-refractivity contribution >= 4 is 5.95 Å². The SMILES string of the molecule is C=CNc1ncncn1. The van der Waals surface area contributed by atoms with E-state index in [1.54, 1.807) is 0 Å². The van der Waals surface area contributed by atoms with Crippen LogP contribution >= 0.6 is 0 Å². The molecule has 0 saturated carbocycles. The van der Waals surface area contributed by atoms with Crippen LogP contribution in [0.4, 0.5) is 5.95 Å². The Morgan fingerprint density at radius 3 is 2.67 bits per heavy atom. The quantitative estimate of drug-likeness (QED) is 0.617. The minimum absolute atomic E-state index is 0.514. The molecule has 0 bridgehead atoms. The van der Waals surface area contributed by atoms with Crippen LogP contribution in [0.3, 0.4) is 0 Å². The second-order valence-corrected chi connectivity index (χ2v) is 1.31. The lowest BCUT2D eigenvalue weighted by atomic mass is 10.9. The van der Waals surface area contributed by atoms with E-state index in [0.717, 1.165) is 0 Å². The molecule has 9 heavy (non-hydrogen) atoms. The fourth-order valence-electron chi connectivity index (χ4n) is 0.405. The molecule has 0 aliphatic heterocycles. The highest BCUT2D eigenvalue weighted by molar-refractivity contribution is 5.24. The zero-order valence-corrected chi connectivity index (χ0v) is 4.78. The molecule has 4 heteroatoms. The Hall–Kier alpha value is -1.45. The van der Waals surface area contributed by atoms with E-state index in [4.69, 9.17) is 0 Å². The van der Waals surface area contributed by atoms with E-state index in [1.807, 2.05) is 0 Å². The van der Waals surface area contributed by atoms with E-state index in [0.29, 0.717) is 5.95 Å². The van der Waals surface area contributed by atoms with Crippen molar-refractivity contribution in [1.29, 1.82) is 0 Å². The second-order valence-electron chi connectivity index (χ2n) is 1.31. The zero-order chi connectivity index (χ0) is 6.53. The zero-order valence-electron chi connectivity index (χ0n) is 4.78. The summed E-state index contributed by atoms with van der Waals surface area (Å²) in [4.78, 5) is 11.2. The lowest BCUT2D eigenvalue weighted by Gasteiger charge is -1.92. The maximum atomic E-state index is 3.76. The number of hydrogen-bond acceptors (Lipinski definition) is 4. The van der Waals surface area contributed by atoms with Crippen LogP contribution in [-0.2, 0) is 0 Å². The van der Waals surface area contributed by atoms with E-state index >= 15 is 0 Å². The highest BCUT2D eigenvalue weighted by atomic mass is 15.1. The van der Waals surface area contributed by atoms with E-state index < -0.39 is 0 Å². The molecule has 1 aromatic heterocycles. The molecule has 0 spiro atoms. The fraction of sp³-hybridized carbons (Fsp3) is 0. The van der Waals surface area contributed by atoms with Crippen molar-refractivity contribution in [2.45, 2.75) is 0 Å². The smallest absolute Gasteiger partial charge is 0.229 e. The van der Waals surface area contributed by atoms with Gasteiger partial charge in [0.25, 0.3) is 0 Å². The molecule has 0 aromatic carbocycles. The Balaban J connectivity index is 2.72. The Bertz CT molecular complexity index is 183. The van der Waals surface area contributed by atoms with Gasteiger partial charge in [0.05, 0.1) is 0 Å². The number of nitrogens with zero attached hydrogens (tertiary/aromatic N) is 3. The minimum atomic E-state index is 0.514. The van der Waals surface area contributed by atoms with Crippen molar-refractivity contribution in [1.82, 2.24) is 15.0 Å². The molecular weight excluding hydrogens is 116 g/mol. The van der Waals surface area contributed by atoms with Gasteiger partial charge in [0.2, 0.25) is 5.95 Å². The van der Waals surface area contributed by atoms with E-state index in [9.17, 15) is 0 Å². The average Bonchev–Trinajstić information content (AvgIpc) is 1.91. The third-order valence-corrected chi connectivity index (χ3v) is 0.725. The van der Waals surface area contributed by atoms with Gasteiger partial charge in [-0.1, -0.05) is 6.58 Å². The topological polar surface area (TPSA) is 50.7 Å². The van der Waals surface area contributed by atoms with Crippen molar-refractivity contribution in [2.24, 2.45) is 0 Å². The predicted octanol–water partition coefficient (Wildman–Crippen LogP) is 0.427. The number of hydrogen-bond donors (Lipinski definition) is 1. The summed E-state index contributed by atoms with van der Waals surface area (Å²) in [6.45, 7) is 3.44. The standard InChI is InChI=1S/C5H6N4/c1-2-7-5-8-3-6-4-9-5/h2-4H,1H2,(H,6,7,8,9). The van der Waals surface area contributed by atoms with Crippen LogP contribution in [0, 0.1) is 0 Å². The van der Waals surface area contributed by atoms with Gasteiger partial charge in [-0.15, -0.1) is 0 Å².